The van der Waals surface area contributed by atoms with Gasteiger partial charge in [-0.2, -0.15) is 0 Å². The average molecular weight is 276 g/mol. The SMILES string of the molecule is Cc1[nH]c(=O)ccc1C(=O)N1CC(C(C)C)C1C(C)C. The number of hydrogen-bond donors (Lipinski definition) is 1. The van der Waals surface area contributed by atoms with E-state index in [0.717, 1.165) is 6.54 Å². The van der Waals surface area contributed by atoms with Crippen molar-refractivity contribution in [2.24, 2.45) is 17.8 Å². The number of hydrogen-bond acceptors (Lipinski definition) is 2. The van der Waals surface area contributed by atoms with Crippen molar-refractivity contribution < 1.29 is 4.79 Å². The molecule has 1 aromatic rings. The summed E-state index contributed by atoms with van der Waals surface area (Å²) in [6.45, 7) is 11.4. The summed E-state index contributed by atoms with van der Waals surface area (Å²) in [4.78, 5) is 28.5. The molecule has 2 rings (SSSR count). The van der Waals surface area contributed by atoms with Crippen molar-refractivity contribution in [3.8, 4) is 0 Å². The van der Waals surface area contributed by atoms with Gasteiger partial charge < -0.3 is 9.88 Å². The molecule has 0 saturated carbocycles. The van der Waals surface area contributed by atoms with Crippen molar-refractivity contribution in [2.45, 2.75) is 40.7 Å². The minimum atomic E-state index is -0.164. The van der Waals surface area contributed by atoms with Crippen LogP contribution < -0.4 is 5.56 Å². The molecular formula is C16H24N2O2. The second-order valence-electron chi connectivity index (χ2n) is 6.46. The molecule has 2 atom stereocenters. The van der Waals surface area contributed by atoms with Gasteiger partial charge in [-0.05, 0) is 30.7 Å². The average Bonchev–Trinajstić information content (AvgIpc) is 2.25. The Labute approximate surface area is 120 Å². The zero-order valence-corrected chi connectivity index (χ0v) is 12.9. The Morgan fingerprint density at radius 1 is 1.25 bits per heavy atom. The first kappa shape index (κ1) is 14.8. The third-order valence-corrected chi connectivity index (χ3v) is 4.35. The van der Waals surface area contributed by atoms with Crippen molar-refractivity contribution in [1.82, 2.24) is 9.88 Å². The van der Waals surface area contributed by atoms with E-state index in [1.54, 1.807) is 13.0 Å². The molecule has 2 heterocycles. The molecule has 4 nitrogen and oxygen atoms in total. The number of H-pyrrole nitrogens is 1. The lowest BCUT2D eigenvalue weighted by molar-refractivity contribution is -0.0215. The summed E-state index contributed by atoms with van der Waals surface area (Å²) in [5.74, 6) is 1.64. The molecule has 1 amide bonds. The topological polar surface area (TPSA) is 53.2 Å². The smallest absolute Gasteiger partial charge is 0.255 e. The monoisotopic (exact) mass is 276 g/mol. The number of likely N-dealkylation sites (tertiary alicyclic amines) is 1. The van der Waals surface area contributed by atoms with Gasteiger partial charge in [0.05, 0.1) is 5.56 Å². The van der Waals surface area contributed by atoms with Crippen LogP contribution in [0.5, 0.6) is 0 Å². The number of carbonyl (C=O) groups excluding carboxylic acids is 1. The van der Waals surface area contributed by atoms with Gasteiger partial charge in [-0.1, -0.05) is 27.7 Å². The Morgan fingerprint density at radius 3 is 2.40 bits per heavy atom. The Kier molecular flexibility index (Phi) is 4.02. The highest BCUT2D eigenvalue weighted by Crippen LogP contribution is 2.36. The van der Waals surface area contributed by atoms with E-state index in [0.29, 0.717) is 35.1 Å². The number of carbonyl (C=O) groups is 1. The van der Waals surface area contributed by atoms with E-state index in [4.69, 9.17) is 0 Å². The zero-order valence-electron chi connectivity index (χ0n) is 12.9. The molecule has 0 spiro atoms. The van der Waals surface area contributed by atoms with Gasteiger partial charge >= 0.3 is 0 Å². The zero-order chi connectivity index (χ0) is 15.0. The highest BCUT2D eigenvalue weighted by Gasteiger charge is 2.45. The molecule has 1 saturated heterocycles. The molecule has 4 heteroatoms. The Morgan fingerprint density at radius 2 is 1.90 bits per heavy atom. The van der Waals surface area contributed by atoms with E-state index in [1.807, 2.05) is 4.90 Å². The summed E-state index contributed by atoms with van der Waals surface area (Å²) in [7, 11) is 0. The van der Waals surface area contributed by atoms with E-state index >= 15 is 0 Å². The highest BCUT2D eigenvalue weighted by molar-refractivity contribution is 5.96. The van der Waals surface area contributed by atoms with Gasteiger partial charge in [-0.15, -0.1) is 0 Å². The fourth-order valence-corrected chi connectivity index (χ4v) is 3.19. The normalized spacial score (nSPS) is 22.2. The quantitative estimate of drug-likeness (QED) is 0.922. The standard InChI is InChI=1S/C16H24N2O2/c1-9(2)13-8-18(15(13)10(3)4)16(20)12-6-7-14(19)17-11(12)5/h6-7,9-10,13,15H,8H2,1-5H3,(H,17,19). The van der Waals surface area contributed by atoms with Crippen LogP contribution in [0.15, 0.2) is 16.9 Å². The molecule has 110 valence electrons. The van der Waals surface area contributed by atoms with Gasteiger partial charge in [-0.25, -0.2) is 0 Å². The van der Waals surface area contributed by atoms with Crippen LogP contribution in [-0.4, -0.2) is 28.4 Å². The van der Waals surface area contributed by atoms with Crippen LogP contribution in [-0.2, 0) is 0 Å². The maximum absolute atomic E-state index is 12.6. The van der Waals surface area contributed by atoms with Crippen molar-refractivity contribution >= 4 is 5.91 Å². The predicted octanol–water partition coefficient (Wildman–Crippen LogP) is 2.44. The van der Waals surface area contributed by atoms with Crippen LogP contribution in [0.2, 0.25) is 0 Å². The van der Waals surface area contributed by atoms with E-state index in [1.165, 1.54) is 6.07 Å². The molecular weight excluding hydrogens is 252 g/mol. The number of nitrogens with zero attached hydrogens (tertiary/aromatic N) is 1. The van der Waals surface area contributed by atoms with Gasteiger partial charge in [0.15, 0.2) is 0 Å². The molecule has 20 heavy (non-hydrogen) atoms. The lowest BCUT2D eigenvalue weighted by Gasteiger charge is -2.52. The first-order chi connectivity index (χ1) is 9.32. The van der Waals surface area contributed by atoms with Crippen LogP contribution >= 0.6 is 0 Å². The summed E-state index contributed by atoms with van der Waals surface area (Å²) in [5, 5.41) is 0. The Hall–Kier alpha value is -1.58. The maximum Gasteiger partial charge on any atom is 0.255 e. The summed E-state index contributed by atoms with van der Waals surface area (Å²) in [5.41, 5.74) is 1.10. The van der Waals surface area contributed by atoms with Crippen molar-refractivity contribution in [2.75, 3.05) is 6.54 Å². The first-order valence-electron chi connectivity index (χ1n) is 7.33. The van der Waals surface area contributed by atoms with Gasteiger partial charge in [0.2, 0.25) is 5.56 Å². The number of aryl methyl sites for hydroxylation is 1. The third kappa shape index (κ3) is 2.51. The summed E-state index contributed by atoms with van der Waals surface area (Å²) < 4.78 is 0. The van der Waals surface area contributed by atoms with Crippen LogP contribution in [0.3, 0.4) is 0 Å². The first-order valence-corrected chi connectivity index (χ1v) is 7.33. The Bertz CT molecular complexity index is 560. The summed E-state index contributed by atoms with van der Waals surface area (Å²) in [6, 6.07) is 3.36. The number of aromatic amines is 1. The van der Waals surface area contributed by atoms with Gasteiger partial charge in [-0.3, -0.25) is 9.59 Å². The fourth-order valence-electron chi connectivity index (χ4n) is 3.19. The molecule has 1 N–H and O–H groups in total. The Balaban J connectivity index is 2.24. The van der Waals surface area contributed by atoms with Gasteiger partial charge in [0, 0.05) is 24.3 Å². The minimum absolute atomic E-state index is 0.0364. The molecule has 0 radical (unpaired) electrons. The lowest BCUT2D eigenvalue weighted by atomic mass is 9.74. The fraction of sp³-hybridized carbons (Fsp3) is 0.625. The van der Waals surface area contributed by atoms with Crippen LogP contribution in [0.4, 0.5) is 0 Å². The van der Waals surface area contributed by atoms with E-state index in [2.05, 4.69) is 32.7 Å². The van der Waals surface area contributed by atoms with E-state index in [9.17, 15) is 9.59 Å². The predicted molar refractivity (Wildman–Crippen MR) is 79.8 cm³/mol. The summed E-state index contributed by atoms with van der Waals surface area (Å²) in [6.07, 6.45) is 0. The molecule has 1 fully saturated rings. The molecule has 0 bridgehead atoms. The van der Waals surface area contributed by atoms with Crippen LogP contribution in [0.25, 0.3) is 0 Å². The molecule has 1 aromatic heterocycles. The molecule has 0 aliphatic carbocycles. The van der Waals surface area contributed by atoms with Crippen molar-refractivity contribution in [3.05, 3.63) is 33.7 Å². The number of pyridine rings is 1. The van der Waals surface area contributed by atoms with Crippen molar-refractivity contribution in [3.63, 3.8) is 0 Å². The van der Waals surface area contributed by atoms with Crippen LogP contribution in [0, 0.1) is 24.7 Å². The molecule has 0 aromatic carbocycles. The minimum Gasteiger partial charge on any atom is -0.335 e. The van der Waals surface area contributed by atoms with Crippen molar-refractivity contribution in [1.29, 1.82) is 0 Å². The third-order valence-electron chi connectivity index (χ3n) is 4.35. The van der Waals surface area contributed by atoms with Gasteiger partial charge in [0.25, 0.3) is 5.91 Å². The summed E-state index contributed by atoms with van der Waals surface area (Å²) >= 11 is 0. The number of aromatic nitrogens is 1. The lowest BCUT2D eigenvalue weighted by Crippen LogP contribution is -2.62. The van der Waals surface area contributed by atoms with E-state index in [-0.39, 0.29) is 11.5 Å². The molecule has 1 aliphatic heterocycles. The molecule has 1 aliphatic rings. The number of rotatable bonds is 3. The van der Waals surface area contributed by atoms with Gasteiger partial charge in [0.1, 0.15) is 0 Å². The molecule has 2 unspecified atom stereocenters. The van der Waals surface area contributed by atoms with E-state index < -0.39 is 0 Å². The highest BCUT2D eigenvalue weighted by atomic mass is 16.2. The number of nitrogens with one attached hydrogen (secondary N) is 1. The maximum atomic E-state index is 12.6. The second kappa shape index (κ2) is 5.43. The second-order valence-corrected chi connectivity index (χ2v) is 6.46. The number of amides is 1. The van der Waals surface area contributed by atoms with Crippen LogP contribution in [0.1, 0.15) is 43.7 Å². The largest absolute Gasteiger partial charge is 0.335 e.